The lowest BCUT2D eigenvalue weighted by Crippen LogP contribution is -2.27. The van der Waals surface area contributed by atoms with Crippen LogP contribution >= 0.6 is 0 Å². The van der Waals surface area contributed by atoms with Crippen molar-refractivity contribution in [2.24, 2.45) is 5.92 Å². The van der Waals surface area contributed by atoms with E-state index in [-0.39, 0.29) is 12.0 Å². The SMILES string of the molecule is CO[C@@H]1CCCC[C@@H]1C=O. The van der Waals surface area contributed by atoms with Crippen molar-refractivity contribution in [2.45, 2.75) is 31.8 Å². The summed E-state index contributed by atoms with van der Waals surface area (Å²) in [7, 11) is 1.69. The molecular formula is C8H14O2. The zero-order chi connectivity index (χ0) is 7.40. The third kappa shape index (κ3) is 1.57. The molecule has 58 valence electrons. The van der Waals surface area contributed by atoms with Gasteiger partial charge < -0.3 is 9.53 Å². The van der Waals surface area contributed by atoms with Crippen LogP contribution in [0.2, 0.25) is 0 Å². The van der Waals surface area contributed by atoms with Crippen molar-refractivity contribution >= 4 is 6.29 Å². The number of carbonyl (C=O) groups excluding carboxylic acids is 1. The fourth-order valence-corrected chi connectivity index (χ4v) is 1.57. The first-order valence-electron chi connectivity index (χ1n) is 3.86. The second-order valence-electron chi connectivity index (χ2n) is 2.86. The Morgan fingerprint density at radius 2 is 2.10 bits per heavy atom. The van der Waals surface area contributed by atoms with E-state index in [9.17, 15) is 4.79 Å². The summed E-state index contributed by atoms with van der Waals surface area (Å²) in [5, 5.41) is 0. The summed E-state index contributed by atoms with van der Waals surface area (Å²) >= 11 is 0. The molecule has 0 aromatic carbocycles. The molecule has 0 amide bonds. The standard InChI is InChI=1S/C8H14O2/c1-10-8-5-3-2-4-7(8)6-9/h6-8H,2-5H2,1H3/t7-,8-/m1/s1. The third-order valence-corrected chi connectivity index (χ3v) is 2.23. The van der Waals surface area contributed by atoms with Gasteiger partial charge in [-0.05, 0) is 12.8 Å². The van der Waals surface area contributed by atoms with Crippen molar-refractivity contribution in [3.63, 3.8) is 0 Å². The van der Waals surface area contributed by atoms with Crippen LogP contribution in [0.4, 0.5) is 0 Å². The van der Waals surface area contributed by atoms with E-state index in [1.54, 1.807) is 7.11 Å². The Labute approximate surface area is 61.6 Å². The predicted molar refractivity (Wildman–Crippen MR) is 38.8 cm³/mol. The van der Waals surface area contributed by atoms with Crippen molar-refractivity contribution < 1.29 is 9.53 Å². The lowest BCUT2D eigenvalue weighted by Gasteiger charge is -2.25. The fourth-order valence-electron chi connectivity index (χ4n) is 1.57. The zero-order valence-corrected chi connectivity index (χ0v) is 6.38. The molecule has 1 aliphatic rings. The van der Waals surface area contributed by atoms with Gasteiger partial charge in [0.25, 0.3) is 0 Å². The molecular weight excluding hydrogens is 128 g/mol. The number of rotatable bonds is 2. The molecule has 1 rings (SSSR count). The van der Waals surface area contributed by atoms with E-state index in [4.69, 9.17) is 4.74 Å². The molecule has 0 radical (unpaired) electrons. The molecule has 2 nitrogen and oxygen atoms in total. The number of carbonyl (C=O) groups is 1. The molecule has 0 aromatic heterocycles. The van der Waals surface area contributed by atoms with E-state index in [0.29, 0.717) is 0 Å². The highest BCUT2D eigenvalue weighted by molar-refractivity contribution is 5.54. The van der Waals surface area contributed by atoms with Crippen LogP contribution in [0.15, 0.2) is 0 Å². The van der Waals surface area contributed by atoms with E-state index in [1.807, 2.05) is 0 Å². The average Bonchev–Trinajstić information content (AvgIpc) is 2.04. The molecule has 0 aromatic rings. The van der Waals surface area contributed by atoms with E-state index < -0.39 is 0 Å². The van der Waals surface area contributed by atoms with Crippen molar-refractivity contribution in [1.82, 2.24) is 0 Å². The minimum absolute atomic E-state index is 0.166. The van der Waals surface area contributed by atoms with Gasteiger partial charge >= 0.3 is 0 Å². The smallest absolute Gasteiger partial charge is 0.125 e. The van der Waals surface area contributed by atoms with Crippen molar-refractivity contribution in [3.8, 4) is 0 Å². The fraction of sp³-hybridized carbons (Fsp3) is 0.875. The van der Waals surface area contributed by atoms with Gasteiger partial charge in [0.05, 0.1) is 6.10 Å². The average molecular weight is 142 g/mol. The van der Waals surface area contributed by atoms with Gasteiger partial charge in [-0.1, -0.05) is 12.8 Å². The quantitative estimate of drug-likeness (QED) is 0.544. The molecule has 0 heterocycles. The monoisotopic (exact) mass is 142 g/mol. The van der Waals surface area contributed by atoms with E-state index >= 15 is 0 Å². The highest BCUT2D eigenvalue weighted by Gasteiger charge is 2.23. The first kappa shape index (κ1) is 7.73. The van der Waals surface area contributed by atoms with Crippen LogP contribution in [0.5, 0.6) is 0 Å². The summed E-state index contributed by atoms with van der Waals surface area (Å²) in [6.07, 6.45) is 5.70. The normalized spacial score (nSPS) is 33.7. The number of hydrogen-bond donors (Lipinski definition) is 0. The van der Waals surface area contributed by atoms with Crippen molar-refractivity contribution in [1.29, 1.82) is 0 Å². The minimum Gasteiger partial charge on any atom is -0.381 e. The van der Waals surface area contributed by atoms with Gasteiger partial charge in [0.1, 0.15) is 6.29 Å². The van der Waals surface area contributed by atoms with Gasteiger partial charge in [0, 0.05) is 13.0 Å². The van der Waals surface area contributed by atoms with E-state index in [2.05, 4.69) is 0 Å². The van der Waals surface area contributed by atoms with Crippen molar-refractivity contribution in [2.75, 3.05) is 7.11 Å². The second kappa shape index (κ2) is 3.71. The van der Waals surface area contributed by atoms with Crippen LogP contribution in [0.1, 0.15) is 25.7 Å². The highest BCUT2D eigenvalue weighted by atomic mass is 16.5. The molecule has 1 fully saturated rings. The van der Waals surface area contributed by atoms with Gasteiger partial charge in [0.15, 0.2) is 0 Å². The molecule has 0 bridgehead atoms. The van der Waals surface area contributed by atoms with Gasteiger partial charge in [-0.3, -0.25) is 0 Å². The molecule has 2 atom stereocenters. The molecule has 0 aliphatic heterocycles. The second-order valence-corrected chi connectivity index (χ2v) is 2.86. The largest absolute Gasteiger partial charge is 0.381 e. The number of ether oxygens (including phenoxy) is 1. The highest BCUT2D eigenvalue weighted by Crippen LogP contribution is 2.24. The lowest BCUT2D eigenvalue weighted by molar-refractivity contribution is -0.116. The Morgan fingerprint density at radius 3 is 2.60 bits per heavy atom. The van der Waals surface area contributed by atoms with Crippen LogP contribution in [0.25, 0.3) is 0 Å². The first-order valence-corrected chi connectivity index (χ1v) is 3.86. The number of methoxy groups -OCH3 is 1. The number of aldehydes is 1. The summed E-state index contributed by atoms with van der Waals surface area (Å²) in [5.41, 5.74) is 0. The van der Waals surface area contributed by atoms with Crippen LogP contribution in [-0.4, -0.2) is 19.5 Å². The maximum absolute atomic E-state index is 10.4. The maximum Gasteiger partial charge on any atom is 0.125 e. The minimum atomic E-state index is 0.166. The zero-order valence-electron chi connectivity index (χ0n) is 6.38. The van der Waals surface area contributed by atoms with Crippen LogP contribution in [-0.2, 0) is 9.53 Å². The topological polar surface area (TPSA) is 26.3 Å². The molecule has 0 N–H and O–H groups in total. The van der Waals surface area contributed by atoms with Gasteiger partial charge in [-0.2, -0.15) is 0 Å². The van der Waals surface area contributed by atoms with Crippen LogP contribution < -0.4 is 0 Å². The lowest BCUT2D eigenvalue weighted by atomic mass is 9.87. The Morgan fingerprint density at radius 1 is 1.40 bits per heavy atom. The summed E-state index contributed by atoms with van der Waals surface area (Å²) in [6.45, 7) is 0. The molecule has 1 aliphatic carbocycles. The first-order chi connectivity index (χ1) is 4.88. The van der Waals surface area contributed by atoms with Crippen molar-refractivity contribution in [3.05, 3.63) is 0 Å². The predicted octanol–water partition coefficient (Wildman–Crippen LogP) is 1.39. The Kier molecular flexibility index (Phi) is 2.87. The maximum atomic E-state index is 10.4. The molecule has 10 heavy (non-hydrogen) atoms. The molecule has 0 saturated heterocycles. The van der Waals surface area contributed by atoms with Gasteiger partial charge in [0.2, 0.25) is 0 Å². The Balaban J connectivity index is 2.41. The van der Waals surface area contributed by atoms with Crippen LogP contribution in [0, 0.1) is 5.92 Å². The van der Waals surface area contributed by atoms with E-state index in [0.717, 1.165) is 19.1 Å². The van der Waals surface area contributed by atoms with Gasteiger partial charge in [-0.15, -0.1) is 0 Å². The van der Waals surface area contributed by atoms with Crippen LogP contribution in [0.3, 0.4) is 0 Å². The molecule has 0 unspecified atom stereocenters. The molecule has 1 saturated carbocycles. The summed E-state index contributed by atoms with van der Waals surface area (Å²) in [5.74, 6) is 0.166. The molecule has 0 spiro atoms. The number of hydrogen-bond acceptors (Lipinski definition) is 2. The summed E-state index contributed by atoms with van der Waals surface area (Å²) in [4.78, 5) is 10.4. The van der Waals surface area contributed by atoms with Gasteiger partial charge in [-0.25, -0.2) is 0 Å². The Bertz CT molecular complexity index is 112. The third-order valence-electron chi connectivity index (χ3n) is 2.23. The summed E-state index contributed by atoms with van der Waals surface area (Å²) < 4.78 is 5.16. The Hall–Kier alpha value is -0.370. The molecule has 2 heteroatoms. The summed E-state index contributed by atoms with van der Waals surface area (Å²) in [6, 6.07) is 0. The van der Waals surface area contributed by atoms with E-state index in [1.165, 1.54) is 12.8 Å².